The lowest BCUT2D eigenvalue weighted by Crippen LogP contribution is -1.98. The monoisotopic (exact) mass is 223 g/mol. The van der Waals surface area contributed by atoms with Crippen molar-refractivity contribution in [1.82, 2.24) is 14.8 Å². The normalized spacial score (nSPS) is 10.8. The Hall–Kier alpha value is -1.36. The van der Waals surface area contributed by atoms with E-state index in [2.05, 4.69) is 17.1 Å². The first kappa shape index (κ1) is 10.2. The number of nitrogens with zero attached hydrogens (tertiary/aromatic N) is 2. The smallest absolute Gasteiger partial charge is 0.195 e. The summed E-state index contributed by atoms with van der Waals surface area (Å²) in [5, 5.41) is 7.03. The molecule has 0 radical (unpaired) electrons. The van der Waals surface area contributed by atoms with E-state index in [1.54, 1.807) is 6.26 Å². The maximum atomic E-state index is 5.38. The lowest BCUT2D eigenvalue weighted by atomic mass is 10.2. The molecule has 80 valence electrons. The minimum absolute atomic E-state index is 0.649. The molecule has 0 aliphatic heterocycles. The van der Waals surface area contributed by atoms with Gasteiger partial charge in [-0.3, -0.25) is 5.10 Å². The average Bonchev–Trinajstić information content (AvgIpc) is 2.82. The lowest BCUT2D eigenvalue weighted by molar-refractivity contribution is 0.516. The molecule has 2 aromatic rings. The summed E-state index contributed by atoms with van der Waals surface area (Å²) < 4.78 is 7.98. The molecule has 0 saturated carbocycles. The van der Waals surface area contributed by atoms with Gasteiger partial charge in [0.2, 0.25) is 0 Å². The molecular weight excluding hydrogens is 210 g/mol. The zero-order chi connectivity index (χ0) is 10.8. The molecule has 0 aromatic carbocycles. The first-order valence-electron chi connectivity index (χ1n) is 4.99. The second-order valence-corrected chi connectivity index (χ2v) is 3.59. The largest absolute Gasteiger partial charge is 0.469 e. The second kappa shape index (κ2) is 4.02. The summed E-state index contributed by atoms with van der Waals surface area (Å²) in [6.45, 7) is 4.90. The lowest BCUT2D eigenvalue weighted by Gasteiger charge is -2.02. The van der Waals surface area contributed by atoms with Crippen molar-refractivity contribution in [3.63, 3.8) is 0 Å². The van der Waals surface area contributed by atoms with Crippen molar-refractivity contribution in [2.45, 2.75) is 26.8 Å². The van der Waals surface area contributed by atoms with Crippen LogP contribution in [0.1, 0.15) is 19.6 Å². The molecule has 0 saturated heterocycles. The highest BCUT2D eigenvalue weighted by atomic mass is 32.1. The van der Waals surface area contributed by atoms with Crippen LogP contribution in [0.4, 0.5) is 0 Å². The fourth-order valence-corrected chi connectivity index (χ4v) is 1.89. The van der Waals surface area contributed by atoms with Gasteiger partial charge in [0.1, 0.15) is 5.76 Å². The van der Waals surface area contributed by atoms with Gasteiger partial charge in [-0.15, -0.1) is 0 Å². The Morgan fingerprint density at radius 3 is 3.00 bits per heavy atom. The van der Waals surface area contributed by atoms with Gasteiger partial charge in [0, 0.05) is 13.0 Å². The molecule has 0 atom stereocenters. The molecular formula is C10H13N3OS. The molecule has 5 heteroatoms. The van der Waals surface area contributed by atoms with Crippen molar-refractivity contribution in [3.8, 4) is 11.4 Å². The molecule has 0 aliphatic rings. The van der Waals surface area contributed by atoms with Crippen molar-refractivity contribution in [2.75, 3.05) is 0 Å². The Morgan fingerprint density at radius 2 is 2.33 bits per heavy atom. The van der Waals surface area contributed by atoms with Crippen LogP contribution in [0.15, 0.2) is 16.7 Å². The number of aryl methyl sites for hydroxylation is 1. The molecule has 2 aromatic heterocycles. The summed E-state index contributed by atoms with van der Waals surface area (Å²) in [5.74, 6) is 1.80. The van der Waals surface area contributed by atoms with E-state index in [0.29, 0.717) is 4.77 Å². The molecule has 0 spiro atoms. The van der Waals surface area contributed by atoms with E-state index in [4.69, 9.17) is 16.6 Å². The van der Waals surface area contributed by atoms with E-state index in [0.717, 1.165) is 30.1 Å². The van der Waals surface area contributed by atoms with Crippen LogP contribution in [-0.2, 0) is 13.0 Å². The van der Waals surface area contributed by atoms with E-state index in [9.17, 15) is 0 Å². The molecule has 0 amide bonds. The first-order chi connectivity index (χ1) is 7.27. The van der Waals surface area contributed by atoms with Crippen LogP contribution in [0.25, 0.3) is 11.4 Å². The van der Waals surface area contributed by atoms with Crippen molar-refractivity contribution < 1.29 is 4.42 Å². The maximum absolute atomic E-state index is 5.38. The van der Waals surface area contributed by atoms with Crippen molar-refractivity contribution in [2.24, 2.45) is 0 Å². The Bertz CT molecular complexity index is 509. The molecule has 0 unspecified atom stereocenters. The zero-order valence-electron chi connectivity index (χ0n) is 8.78. The second-order valence-electron chi connectivity index (χ2n) is 3.21. The minimum Gasteiger partial charge on any atom is -0.469 e. The standard InChI is InChI=1S/C10H13N3OS/c1-3-8-7(5-6-14-8)9-11-12-10(15)13(9)4-2/h5-6H,3-4H2,1-2H3,(H,12,15). The topological polar surface area (TPSA) is 46.8 Å². The molecule has 2 rings (SSSR count). The van der Waals surface area contributed by atoms with Crippen LogP contribution in [0, 0.1) is 4.77 Å². The summed E-state index contributed by atoms with van der Waals surface area (Å²) >= 11 is 5.14. The van der Waals surface area contributed by atoms with Crippen LogP contribution >= 0.6 is 12.2 Å². The summed E-state index contributed by atoms with van der Waals surface area (Å²) in [6, 6.07) is 1.93. The quantitative estimate of drug-likeness (QED) is 0.814. The van der Waals surface area contributed by atoms with Gasteiger partial charge in [-0.1, -0.05) is 6.92 Å². The molecule has 1 N–H and O–H groups in total. The van der Waals surface area contributed by atoms with Crippen LogP contribution < -0.4 is 0 Å². The number of rotatable bonds is 3. The summed E-state index contributed by atoms with van der Waals surface area (Å²) in [5.41, 5.74) is 1.02. The highest BCUT2D eigenvalue weighted by molar-refractivity contribution is 7.71. The van der Waals surface area contributed by atoms with Gasteiger partial charge in [-0.05, 0) is 25.2 Å². The van der Waals surface area contributed by atoms with Gasteiger partial charge in [0.25, 0.3) is 0 Å². The van der Waals surface area contributed by atoms with Gasteiger partial charge >= 0.3 is 0 Å². The van der Waals surface area contributed by atoms with E-state index >= 15 is 0 Å². The van der Waals surface area contributed by atoms with E-state index in [1.807, 2.05) is 17.6 Å². The number of hydrogen-bond acceptors (Lipinski definition) is 3. The van der Waals surface area contributed by atoms with Crippen LogP contribution in [0.3, 0.4) is 0 Å². The van der Waals surface area contributed by atoms with E-state index < -0.39 is 0 Å². The molecule has 0 aliphatic carbocycles. The number of hydrogen-bond donors (Lipinski definition) is 1. The predicted octanol–water partition coefficient (Wildman–Crippen LogP) is 2.78. The minimum atomic E-state index is 0.649. The fraction of sp³-hybridized carbons (Fsp3) is 0.400. The number of aromatic amines is 1. The third-order valence-electron chi connectivity index (χ3n) is 2.38. The molecule has 0 bridgehead atoms. The van der Waals surface area contributed by atoms with Gasteiger partial charge in [-0.2, -0.15) is 5.10 Å². The predicted molar refractivity (Wildman–Crippen MR) is 60.2 cm³/mol. The van der Waals surface area contributed by atoms with Gasteiger partial charge in [-0.25, -0.2) is 0 Å². The Balaban J connectivity index is 2.58. The van der Waals surface area contributed by atoms with Gasteiger partial charge in [0.15, 0.2) is 10.6 Å². The Morgan fingerprint density at radius 1 is 1.53 bits per heavy atom. The SMILES string of the molecule is CCc1occc1-c1n[nH]c(=S)n1CC. The Kier molecular flexibility index (Phi) is 2.73. The molecule has 0 fully saturated rings. The number of nitrogens with one attached hydrogen (secondary N) is 1. The van der Waals surface area contributed by atoms with E-state index in [-0.39, 0.29) is 0 Å². The number of aromatic nitrogens is 3. The van der Waals surface area contributed by atoms with Crippen LogP contribution in [0.2, 0.25) is 0 Å². The van der Waals surface area contributed by atoms with Crippen LogP contribution in [-0.4, -0.2) is 14.8 Å². The third-order valence-corrected chi connectivity index (χ3v) is 2.69. The Labute approximate surface area is 92.9 Å². The first-order valence-corrected chi connectivity index (χ1v) is 5.40. The van der Waals surface area contributed by atoms with Gasteiger partial charge in [0.05, 0.1) is 11.8 Å². The maximum Gasteiger partial charge on any atom is 0.195 e. The highest BCUT2D eigenvalue weighted by Gasteiger charge is 2.13. The van der Waals surface area contributed by atoms with Gasteiger partial charge < -0.3 is 8.98 Å². The summed E-state index contributed by atoms with van der Waals surface area (Å²) in [7, 11) is 0. The molecule has 2 heterocycles. The fourth-order valence-electron chi connectivity index (χ4n) is 1.63. The third kappa shape index (κ3) is 1.63. The van der Waals surface area contributed by atoms with Crippen LogP contribution in [0.5, 0.6) is 0 Å². The average molecular weight is 223 g/mol. The van der Waals surface area contributed by atoms with Crippen molar-refractivity contribution in [3.05, 3.63) is 22.9 Å². The van der Waals surface area contributed by atoms with E-state index in [1.165, 1.54) is 0 Å². The number of furan rings is 1. The molecule has 4 nitrogen and oxygen atoms in total. The van der Waals surface area contributed by atoms with Crippen molar-refractivity contribution in [1.29, 1.82) is 0 Å². The summed E-state index contributed by atoms with van der Waals surface area (Å²) in [4.78, 5) is 0. The highest BCUT2D eigenvalue weighted by Crippen LogP contribution is 2.23. The number of H-pyrrole nitrogens is 1. The van der Waals surface area contributed by atoms with Crippen molar-refractivity contribution >= 4 is 12.2 Å². The molecule has 15 heavy (non-hydrogen) atoms. The zero-order valence-corrected chi connectivity index (χ0v) is 9.60. The summed E-state index contributed by atoms with van der Waals surface area (Å²) in [6.07, 6.45) is 2.54.